The summed E-state index contributed by atoms with van der Waals surface area (Å²) in [6, 6.07) is 14.6. The predicted octanol–water partition coefficient (Wildman–Crippen LogP) is 4.45. The van der Waals surface area contributed by atoms with E-state index in [-0.39, 0.29) is 18.5 Å². The topological polar surface area (TPSA) is 87.2 Å². The fourth-order valence-corrected chi connectivity index (χ4v) is 5.03. The van der Waals surface area contributed by atoms with Crippen molar-refractivity contribution in [2.75, 3.05) is 63.8 Å². The Morgan fingerprint density at radius 2 is 1.81 bits per heavy atom. The smallest absolute Gasteiger partial charge is 0.322 e. The highest BCUT2D eigenvalue weighted by atomic mass is 35.5. The van der Waals surface area contributed by atoms with Crippen LogP contribution in [-0.2, 0) is 11.3 Å². The molecule has 0 radical (unpaired) electrons. The molecule has 1 aliphatic rings. The molecule has 3 aromatic rings. The van der Waals surface area contributed by atoms with Crippen molar-refractivity contribution in [1.82, 2.24) is 14.8 Å². The van der Waals surface area contributed by atoms with E-state index in [4.69, 9.17) is 21.1 Å². The van der Waals surface area contributed by atoms with Gasteiger partial charge in [-0.2, -0.15) is 0 Å². The van der Waals surface area contributed by atoms with Crippen molar-refractivity contribution < 1.29 is 19.1 Å². The number of carbonyl (C=O) groups is 2. The molecule has 0 aliphatic carbocycles. The number of anilines is 2. The summed E-state index contributed by atoms with van der Waals surface area (Å²) in [7, 11) is 3.18. The zero-order chi connectivity index (χ0) is 26.2. The number of rotatable bonds is 9. The number of ether oxygens (including phenoxy) is 2. The molecule has 0 spiro atoms. The molecule has 1 saturated heterocycles. The van der Waals surface area contributed by atoms with Crippen LogP contribution < -0.4 is 15.0 Å². The third-order valence-corrected chi connectivity index (χ3v) is 7.20. The van der Waals surface area contributed by atoms with Gasteiger partial charge >= 0.3 is 6.03 Å². The van der Waals surface area contributed by atoms with Crippen molar-refractivity contribution in [3.8, 4) is 5.75 Å². The molecular formula is C26H30ClN5O4S. The SMILES string of the molecule is COCCN(Cc1nc(C(=O)N2CCN(c3ccccc3Cl)CC2)cs1)C(=O)Nc1ccc(OC)cc1. The summed E-state index contributed by atoms with van der Waals surface area (Å²) in [5.41, 5.74) is 2.03. The number of amides is 3. The lowest BCUT2D eigenvalue weighted by Crippen LogP contribution is -2.49. The Labute approximate surface area is 225 Å². The van der Waals surface area contributed by atoms with E-state index in [0.717, 1.165) is 5.69 Å². The standard InChI is InChI=1S/C26H30ClN5O4S/c1-35-16-15-32(26(34)28-19-7-9-20(36-2)10-8-19)17-24-29-22(18-37-24)25(33)31-13-11-30(12-14-31)23-6-4-3-5-21(23)27/h3-10,18H,11-17H2,1-2H3,(H,28,34). The van der Waals surface area contributed by atoms with Crippen LogP contribution in [0, 0.1) is 0 Å². The van der Waals surface area contributed by atoms with Crippen molar-refractivity contribution >= 4 is 46.3 Å². The minimum atomic E-state index is -0.277. The number of para-hydroxylation sites is 1. The molecule has 2 aromatic carbocycles. The van der Waals surface area contributed by atoms with Gasteiger partial charge in [0.2, 0.25) is 0 Å². The second-order valence-electron chi connectivity index (χ2n) is 8.43. The third-order valence-electron chi connectivity index (χ3n) is 6.05. The van der Waals surface area contributed by atoms with Crippen LogP contribution in [0.25, 0.3) is 0 Å². The lowest BCUT2D eigenvalue weighted by molar-refractivity contribution is 0.0741. The first kappa shape index (κ1) is 26.7. The summed E-state index contributed by atoms with van der Waals surface area (Å²) in [6.45, 7) is 3.59. The highest BCUT2D eigenvalue weighted by Crippen LogP contribution is 2.26. The molecule has 1 N–H and O–H groups in total. The number of nitrogens with one attached hydrogen (secondary N) is 1. The number of hydrogen-bond acceptors (Lipinski definition) is 7. The summed E-state index contributed by atoms with van der Waals surface area (Å²) >= 11 is 7.70. The van der Waals surface area contributed by atoms with E-state index in [1.54, 1.807) is 48.8 Å². The molecule has 0 unspecified atom stereocenters. The van der Waals surface area contributed by atoms with Crippen molar-refractivity contribution in [3.05, 3.63) is 69.6 Å². The molecule has 2 heterocycles. The van der Waals surface area contributed by atoms with Crippen LogP contribution in [0.4, 0.5) is 16.2 Å². The van der Waals surface area contributed by atoms with E-state index in [2.05, 4.69) is 15.2 Å². The average molecular weight is 544 g/mol. The largest absolute Gasteiger partial charge is 0.497 e. The molecule has 0 atom stereocenters. The Morgan fingerprint density at radius 1 is 1.08 bits per heavy atom. The van der Waals surface area contributed by atoms with Gasteiger partial charge in [0.05, 0.1) is 31.0 Å². The minimum Gasteiger partial charge on any atom is -0.497 e. The van der Waals surface area contributed by atoms with Crippen LogP contribution in [0.3, 0.4) is 0 Å². The number of benzene rings is 2. The van der Waals surface area contributed by atoms with Crippen molar-refractivity contribution in [3.63, 3.8) is 0 Å². The molecule has 1 aromatic heterocycles. The monoisotopic (exact) mass is 543 g/mol. The zero-order valence-electron chi connectivity index (χ0n) is 20.9. The maximum absolute atomic E-state index is 13.1. The first-order valence-corrected chi connectivity index (χ1v) is 13.2. The average Bonchev–Trinajstić information content (AvgIpc) is 3.40. The van der Waals surface area contributed by atoms with Gasteiger partial charge < -0.3 is 29.5 Å². The summed E-state index contributed by atoms with van der Waals surface area (Å²) in [4.78, 5) is 36.2. The van der Waals surface area contributed by atoms with Crippen molar-refractivity contribution in [2.24, 2.45) is 0 Å². The molecule has 0 saturated carbocycles. The predicted molar refractivity (Wildman–Crippen MR) is 146 cm³/mol. The normalized spacial score (nSPS) is 13.4. The Morgan fingerprint density at radius 3 is 2.49 bits per heavy atom. The highest BCUT2D eigenvalue weighted by molar-refractivity contribution is 7.09. The number of methoxy groups -OCH3 is 2. The number of nitrogens with zero attached hydrogens (tertiary/aromatic N) is 4. The van der Waals surface area contributed by atoms with E-state index < -0.39 is 0 Å². The van der Waals surface area contributed by atoms with Crippen molar-refractivity contribution in [2.45, 2.75) is 6.54 Å². The number of urea groups is 1. The summed E-state index contributed by atoms with van der Waals surface area (Å²) in [5, 5.41) is 6.04. The molecule has 11 heteroatoms. The van der Waals surface area contributed by atoms with E-state index >= 15 is 0 Å². The van der Waals surface area contributed by atoms with E-state index in [0.29, 0.717) is 66.5 Å². The second kappa shape index (κ2) is 12.8. The second-order valence-corrected chi connectivity index (χ2v) is 9.78. The lowest BCUT2D eigenvalue weighted by Gasteiger charge is -2.36. The minimum absolute atomic E-state index is 0.104. The Bertz CT molecular complexity index is 1200. The third kappa shape index (κ3) is 6.91. The van der Waals surface area contributed by atoms with Crippen LogP contribution in [0.1, 0.15) is 15.5 Å². The molecule has 9 nitrogen and oxygen atoms in total. The number of thiazole rings is 1. The number of piperazine rings is 1. The van der Waals surface area contributed by atoms with E-state index in [1.165, 1.54) is 11.3 Å². The van der Waals surface area contributed by atoms with Gasteiger partial charge in [-0.3, -0.25) is 4.79 Å². The van der Waals surface area contributed by atoms with Gasteiger partial charge in [0.1, 0.15) is 16.5 Å². The molecule has 3 amide bonds. The maximum atomic E-state index is 13.1. The van der Waals surface area contributed by atoms with Gasteiger partial charge in [-0.1, -0.05) is 23.7 Å². The van der Waals surface area contributed by atoms with Crippen LogP contribution in [0.2, 0.25) is 5.02 Å². The van der Waals surface area contributed by atoms with Gasteiger partial charge in [-0.15, -0.1) is 11.3 Å². The molecule has 1 aliphatic heterocycles. The molecule has 4 rings (SSSR count). The number of hydrogen-bond donors (Lipinski definition) is 1. The van der Waals surface area contributed by atoms with Gasteiger partial charge in [0.15, 0.2) is 0 Å². The quantitative estimate of drug-likeness (QED) is 0.429. The fraction of sp³-hybridized carbons (Fsp3) is 0.346. The summed E-state index contributed by atoms with van der Waals surface area (Å²) < 4.78 is 10.3. The van der Waals surface area contributed by atoms with E-state index in [9.17, 15) is 9.59 Å². The molecule has 196 valence electrons. The van der Waals surface area contributed by atoms with E-state index in [1.807, 2.05) is 29.2 Å². The first-order chi connectivity index (χ1) is 18.0. The first-order valence-electron chi connectivity index (χ1n) is 11.9. The van der Waals surface area contributed by atoms with Crippen LogP contribution in [0.15, 0.2) is 53.9 Å². The Balaban J connectivity index is 1.35. The number of aromatic nitrogens is 1. The molecular weight excluding hydrogens is 514 g/mol. The highest BCUT2D eigenvalue weighted by Gasteiger charge is 2.25. The van der Waals surface area contributed by atoms with Gasteiger partial charge in [-0.25, -0.2) is 9.78 Å². The number of halogens is 1. The van der Waals surface area contributed by atoms with Crippen LogP contribution >= 0.6 is 22.9 Å². The maximum Gasteiger partial charge on any atom is 0.322 e. The van der Waals surface area contributed by atoms with Crippen molar-refractivity contribution in [1.29, 1.82) is 0 Å². The zero-order valence-corrected chi connectivity index (χ0v) is 22.4. The number of carbonyl (C=O) groups excluding carboxylic acids is 2. The molecule has 1 fully saturated rings. The Hall–Kier alpha value is -3.34. The molecule has 37 heavy (non-hydrogen) atoms. The lowest BCUT2D eigenvalue weighted by atomic mass is 10.2. The van der Waals surface area contributed by atoms with Crippen LogP contribution in [0.5, 0.6) is 5.75 Å². The molecule has 0 bridgehead atoms. The van der Waals surface area contributed by atoms with Crippen LogP contribution in [-0.4, -0.2) is 80.3 Å². The fourth-order valence-electron chi connectivity index (χ4n) is 4.00. The Kier molecular flexibility index (Phi) is 9.21. The van der Waals surface area contributed by atoms with Gasteiger partial charge in [-0.05, 0) is 36.4 Å². The summed E-state index contributed by atoms with van der Waals surface area (Å²) in [6.07, 6.45) is 0. The summed E-state index contributed by atoms with van der Waals surface area (Å²) in [5.74, 6) is 0.604. The van der Waals surface area contributed by atoms with Gasteiger partial charge in [0.25, 0.3) is 5.91 Å². The van der Waals surface area contributed by atoms with Gasteiger partial charge in [0, 0.05) is 50.9 Å².